The van der Waals surface area contributed by atoms with Gasteiger partial charge in [0.2, 0.25) is 0 Å². The Kier molecular flexibility index (Phi) is 4.37. The lowest BCUT2D eigenvalue weighted by Crippen LogP contribution is -2.33. The van der Waals surface area contributed by atoms with Crippen molar-refractivity contribution in [2.45, 2.75) is 25.3 Å². The first-order valence-corrected chi connectivity index (χ1v) is 8.25. The SMILES string of the molecule is O=C(NC(C(=O)O)c1ccc(Cl)c(F)c1)c1cc2c(s1)CCC2. The van der Waals surface area contributed by atoms with Crippen LogP contribution < -0.4 is 5.32 Å². The van der Waals surface area contributed by atoms with Crippen LogP contribution in [0.1, 0.15) is 38.1 Å². The zero-order valence-electron chi connectivity index (χ0n) is 11.9. The summed E-state index contributed by atoms with van der Waals surface area (Å²) in [6.07, 6.45) is 2.99. The lowest BCUT2D eigenvalue weighted by atomic mass is 10.1. The molecule has 0 spiro atoms. The second-order valence-corrected chi connectivity index (χ2v) is 6.87. The molecule has 1 heterocycles. The van der Waals surface area contributed by atoms with E-state index in [1.54, 1.807) is 0 Å². The quantitative estimate of drug-likeness (QED) is 0.882. The molecule has 2 N–H and O–H groups in total. The van der Waals surface area contributed by atoms with Crippen molar-refractivity contribution in [3.63, 3.8) is 0 Å². The summed E-state index contributed by atoms with van der Waals surface area (Å²) < 4.78 is 13.5. The monoisotopic (exact) mass is 353 g/mol. The second-order valence-electron chi connectivity index (χ2n) is 5.33. The number of fused-ring (bicyclic) bond motifs is 1. The molecule has 0 bridgehead atoms. The number of halogens is 2. The van der Waals surface area contributed by atoms with E-state index >= 15 is 0 Å². The first-order chi connectivity index (χ1) is 11.0. The van der Waals surface area contributed by atoms with Crippen molar-refractivity contribution in [3.05, 3.63) is 56.0 Å². The molecule has 0 saturated carbocycles. The van der Waals surface area contributed by atoms with Crippen LogP contribution in [0.5, 0.6) is 0 Å². The number of carboxylic acid groups (broad SMARTS) is 1. The Morgan fingerprint density at radius 2 is 2.09 bits per heavy atom. The molecule has 0 fully saturated rings. The average molecular weight is 354 g/mol. The Morgan fingerprint density at radius 1 is 1.30 bits per heavy atom. The summed E-state index contributed by atoms with van der Waals surface area (Å²) >= 11 is 6.99. The number of benzene rings is 1. The molecule has 1 aliphatic carbocycles. The highest BCUT2D eigenvalue weighted by Crippen LogP contribution is 2.31. The van der Waals surface area contributed by atoms with E-state index in [4.69, 9.17) is 11.6 Å². The van der Waals surface area contributed by atoms with Crippen LogP contribution in [0.2, 0.25) is 5.02 Å². The van der Waals surface area contributed by atoms with Gasteiger partial charge in [-0.2, -0.15) is 0 Å². The second kappa shape index (κ2) is 6.29. The van der Waals surface area contributed by atoms with Crippen molar-refractivity contribution < 1.29 is 19.1 Å². The highest BCUT2D eigenvalue weighted by atomic mass is 35.5. The maximum atomic E-state index is 13.5. The molecule has 0 radical (unpaired) electrons. The van der Waals surface area contributed by atoms with Gasteiger partial charge in [-0.25, -0.2) is 9.18 Å². The number of rotatable bonds is 4. The maximum Gasteiger partial charge on any atom is 0.330 e. The number of thiophene rings is 1. The molecule has 3 rings (SSSR count). The molecule has 1 amide bonds. The van der Waals surface area contributed by atoms with Gasteiger partial charge in [0.05, 0.1) is 9.90 Å². The van der Waals surface area contributed by atoms with E-state index in [2.05, 4.69) is 5.32 Å². The van der Waals surface area contributed by atoms with Gasteiger partial charge in [0, 0.05) is 4.88 Å². The topological polar surface area (TPSA) is 66.4 Å². The smallest absolute Gasteiger partial charge is 0.330 e. The zero-order chi connectivity index (χ0) is 16.6. The minimum atomic E-state index is -1.33. The van der Waals surface area contributed by atoms with Gasteiger partial charge in [-0.3, -0.25) is 4.79 Å². The van der Waals surface area contributed by atoms with Gasteiger partial charge in [-0.1, -0.05) is 17.7 Å². The summed E-state index contributed by atoms with van der Waals surface area (Å²) in [5.74, 6) is -2.45. The number of hydrogen-bond acceptors (Lipinski definition) is 3. The minimum absolute atomic E-state index is 0.0982. The fraction of sp³-hybridized carbons (Fsp3) is 0.250. The molecular formula is C16H13ClFNO3S. The Morgan fingerprint density at radius 3 is 2.74 bits per heavy atom. The summed E-state index contributed by atoms with van der Waals surface area (Å²) in [4.78, 5) is 25.4. The standard InChI is InChI=1S/C16H13ClFNO3S/c17-10-5-4-9(6-11(10)18)14(16(21)22)19-15(20)13-7-8-2-1-3-12(8)23-13/h4-7,14H,1-3H2,(H,19,20)(H,21,22). The van der Waals surface area contributed by atoms with E-state index in [1.165, 1.54) is 28.3 Å². The van der Waals surface area contributed by atoms with Crippen LogP contribution in [0.15, 0.2) is 24.3 Å². The molecule has 23 heavy (non-hydrogen) atoms. The Balaban J connectivity index is 1.82. The average Bonchev–Trinajstić information content (AvgIpc) is 3.08. The summed E-state index contributed by atoms with van der Waals surface area (Å²) in [5, 5.41) is 11.7. The van der Waals surface area contributed by atoms with E-state index in [0.29, 0.717) is 4.88 Å². The molecular weight excluding hydrogens is 341 g/mol. The molecule has 1 atom stereocenters. The lowest BCUT2D eigenvalue weighted by Gasteiger charge is -2.14. The van der Waals surface area contributed by atoms with E-state index in [1.807, 2.05) is 6.07 Å². The largest absolute Gasteiger partial charge is 0.479 e. The summed E-state index contributed by atoms with van der Waals surface area (Å²) in [7, 11) is 0. The molecule has 7 heteroatoms. The molecule has 1 unspecified atom stereocenters. The van der Waals surface area contributed by atoms with Gasteiger partial charge in [0.25, 0.3) is 5.91 Å². The predicted molar refractivity (Wildman–Crippen MR) is 85.6 cm³/mol. The van der Waals surface area contributed by atoms with Gasteiger partial charge in [0.15, 0.2) is 6.04 Å². The van der Waals surface area contributed by atoms with E-state index in [9.17, 15) is 19.1 Å². The molecule has 2 aromatic rings. The first-order valence-electron chi connectivity index (χ1n) is 7.06. The molecule has 1 aromatic heterocycles. The normalized spacial score (nSPS) is 14.3. The molecule has 1 aromatic carbocycles. The van der Waals surface area contributed by atoms with Crippen molar-refractivity contribution in [1.29, 1.82) is 0 Å². The molecule has 120 valence electrons. The highest BCUT2D eigenvalue weighted by Gasteiger charge is 2.25. The Labute approximate surface area is 140 Å². The van der Waals surface area contributed by atoms with Crippen molar-refractivity contribution in [2.24, 2.45) is 0 Å². The molecule has 0 saturated heterocycles. The van der Waals surface area contributed by atoms with Crippen LogP contribution in [0.25, 0.3) is 0 Å². The molecule has 4 nitrogen and oxygen atoms in total. The van der Waals surface area contributed by atoms with Crippen molar-refractivity contribution >= 4 is 34.8 Å². The summed E-state index contributed by atoms with van der Waals surface area (Å²) in [6.45, 7) is 0. The zero-order valence-corrected chi connectivity index (χ0v) is 13.5. The fourth-order valence-electron chi connectivity index (χ4n) is 2.62. The van der Waals surface area contributed by atoms with Gasteiger partial charge in [-0.15, -0.1) is 11.3 Å². The molecule has 1 aliphatic rings. The third-order valence-electron chi connectivity index (χ3n) is 3.77. The number of carbonyl (C=O) groups is 2. The van der Waals surface area contributed by atoms with E-state index in [0.717, 1.165) is 30.9 Å². The number of nitrogens with one attached hydrogen (secondary N) is 1. The lowest BCUT2D eigenvalue weighted by molar-refractivity contribution is -0.139. The van der Waals surface area contributed by atoms with Gasteiger partial charge in [-0.05, 0) is 48.6 Å². The Hall–Kier alpha value is -1.92. The number of carbonyl (C=O) groups excluding carboxylic acids is 1. The summed E-state index contributed by atoms with van der Waals surface area (Å²) in [6, 6.07) is 4.16. The predicted octanol–water partition coefficient (Wildman–Crippen LogP) is 3.59. The van der Waals surface area contributed by atoms with Crippen molar-refractivity contribution in [2.75, 3.05) is 0 Å². The summed E-state index contributed by atoms with van der Waals surface area (Å²) in [5.41, 5.74) is 1.29. The highest BCUT2D eigenvalue weighted by molar-refractivity contribution is 7.14. The number of amides is 1. The van der Waals surface area contributed by atoms with Crippen LogP contribution in [-0.4, -0.2) is 17.0 Å². The van der Waals surface area contributed by atoms with Crippen LogP contribution >= 0.6 is 22.9 Å². The van der Waals surface area contributed by atoms with Gasteiger partial charge < -0.3 is 10.4 Å². The van der Waals surface area contributed by atoms with E-state index < -0.39 is 23.7 Å². The number of carboxylic acids is 1. The van der Waals surface area contributed by atoms with E-state index in [-0.39, 0.29) is 10.6 Å². The minimum Gasteiger partial charge on any atom is -0.479 e. The number of aliphatic carboxylic acids is 1. The fourth-order valence-corrected chi connectivity index (χ4v) is 3.90. The van der Waals surface area contributed by atoms with Crippen LogP contribution in [0.3, 0.4) is 0 Å². The maximum absolute atomic E-state index is 13.5. The van der Waals surface area contributed by atoms with Crippen molar-refractivity contribution in [1.82, 2.24) is 5.32 Å². The van der Waals surface area contributed by atoms with Crippen molar-refractivity contribution in [3.8, 4) is 0 Å². The third kappa shape index (κ3) is 3.23. The molecule has 0 aliphatic heterocycles. The van der Waals surface area contributed by atoms with Crippen LogP contribution in [0, 0.1) is 5.82 Å². The number of hydrogen-bond donors (Lipinski definition) is 2. The number of aryl methyl sites for hydroxylation is 2. The van der Waals surface area contributed by atoms with Gasteiger partial charge >= 0.3 is 5.97 Å². The van der Waals surface area contributed by atoms with Gasteiger partial charge in [0.1, 0.15) is 5.82 Å². The van der Waals surface area contributed by atoms with Crippen LogP contribution in [0.4, 0.5) is 4.39 Å². The first kappa shape index (κ1) is 16.0. The Bertz CT molecular complexity index is 768. The third-order valence-corrected chi connectivity index (χ3v) is 5.31. The van der Waals surface area contributed by atoms with Crippen LogP contribution in [-0.2, 0) is 17.6 Å².